The number of hydrogen-bond donors (Lipinski definition) is 3. The maximum atomic E-state index is 12.2. The van der Waals surface area contributed by atoms with Gasteiger partial charge in [0.25, 0.3) is 0 Å². The fourth-order valence-electron chi connectivity index (χ4n) is 2.51. The lowest BCUT2D eigenvalue weighted by Gasteiger charge is -2.26. The van der Waals surface area contributed by atoms with Crippen molar-refractivity contribution in [3.8, 4) is 0 Å². The number of amides is 1. The molecule has 1 amide bonds. The van der Waals surface area contributed by atoms with Crippen LogP contribution in [-0.4, -0.2) is 51.1 Å². The Hall–Kier alpha value is -1.40. The van der Waals surface area contributed by atoms with Gasteiger partial charge in [-0.2, -0.15) is 0 Å². The first-order valence-corrected chi connectivity index (χ1v) is 5.95. The van der Waals surface area contributed by atoms with E-state index in [1.165, 1.54) is 0 Å². The number of carbonyl (C=O) groups excluding carboxylic acids is 1. The summed E-state index contributed by atoms with van der Waals surface area (Å²) in [4.78, 5) is 21.2. The normalized spacial score (nSPS) is 28.2. The van der Waals surface area contributed by atoms with Gasteiger partial charge >= 0.3 is 0 Å². The third kappa shape index (κ3) is 1.94. The van der Waals surface area contributed by atoms with E-state index < -0.39 is 0 Å². The number of likely N-dealkylation sites (tertiary alicyclic amines) is 1. The number of aromatic amines is 1. The second kappa shape index (κ2) is 4.12. The van der Waals surface area contributed by atoms with Gasteiger partial charge in [0.1, 0.15) is 0 Å². The molecule has 0 spiro atoms. The Kier molecular flexibility index (Phi) is 2.60. The maximum Gasteiger partial charge on any atom is 0.240 e. The minimum absolute atomic E-state index is 0.0789. The predicted molar refractivity (Wildman–Crippen MR) is 60.1 cm³/mol. The van der Waals surface area contributed by atoms with Crippen LogP contribution in [0.3, 0.4) is 0 Å². The number of aliphatic hydroxyl groups excluding tert-OH is 1. The fourth-order valence-corrected chi connectivity index (χ4v) is 2.51. The number of aromatic nitrogens is 2. The highest BCUT2D eigenvalue weighted by atomic mass is 16.3. The summed E-state index contributed by atoms with van der Waals surface area (Å²) in [6.07, 6.45) is 2.62. The van der Waals surface area contributed by atoms with Crippen LogP contribution in [0.4, 0.5) is 0 Å². The molecule has 0 saturated carbocycles. The number of nitrogens with zero attached hydrogens (tertiary/aromatic N) is 2. The molecule has 1 fully saturated rings. The van der Waals surface area contributed by atoms with Gasteiger partial charge in [0.15, 0.2) is 0 Å². The van der Waals surface area contributed by atoms with E-state index in [0.29, 0.717) is 32.5 Å². The number of carbonyl (C=O) groups is 1. The van der Waals surface area contributed by atoms with E-state index in [4.69, 9.17) is 0 Å². The Morgan fingerprint density at radius 1 is 1.59 bits per heavy atom. The molecule has 17 heavy (non-hydrogen) atoms. The number of nitrogens with one attached hydrogen (secondary N) is 2. The van der Waals surface area contributed by atoms with Gasteiger partial charge < -0.3 is 15.0 Å². The Labute approximate surface area is 99.0 Å². The zero-order valence-electron chi connectivity index (χ0n) is 9.52. The lowest BCUT2D eigenvalue weighted by Crippen LogP contribution is -2.49. The smallest absolute Gasteiger partial charge is 0.240 e. The zero-order chi connectivity index (χ0) is 11.8. The van der Waals surface area contributed by atoms with Crippen LogP contribution in [0.2, 0.25) is 0 Å². The molecular formula is C11H16N4O2. The van der Waals surface area contributed by atoms with Crippen molar-refractivity contribution in [3.63, 3.8) is 0 Å². The average molecular weight is 236 g/mol. The number of hydrogen-bond acceptors (Lipinski definition) is 4. The third-order valence-corrected chi connectivity index (χ3v) is 3.50. The number of β-amino-alcohol motifs (C(OH)–C–C–N with tert-alkyl or cyclic N) is 1. The highest BCUT2D eigenvalue weighted by molar-refractivity contribution is 5.82. The van der Waals surface area contributed by atoms with Gasteiger partial charge in [-0.05, 0) is 6.42 Å². The van der Waals surface area contributed by atoms with Crippen molar-refractivity contribution in [2.45, 2.75) is 31.5 Å². The van der Waals surface area contributed by atoms with E-state index in [2.05, 4.69) is 15.3 Å². The summed E-state index contributed by atoms with van der Waals surface area (Å²) in [5.41, 5.74) is 2.04. The van der Waals surface area contributed by atoms with Gasteiger partial charge in [-0.3, -0.25) is 10.1 Å². The molecule has 3 rings (SSSR count). The Balaban J connectivity index is 1.68. The second-order valence-electron chi connectivity index (χ2n) is 4.69. The fraction of sp³-hybridized carbons (Fsp3) is 0.636. The number of aliphatic hydroxyl groups is 1. The van der Waals surface area contributed by atoms with E-state index >= 15 is 0 Å². The molecule has 92 valence electrons. The molecule has 6 heteroatoms. The summed E-state index contributed by atoms with van der Waals surface area (Å²) in [6, 6.07) is -0.198. The molecule has 0 bridgehead atoms. The molecule has 6 nitrogen and oxygen atoms in total. The molecular weight excluding hydrogens is 220 g/mol. The highest BCUT2D eigenvalue weighted by Gasteiger charge is 2.32. The van der Waals surface area contributed by atoms with Crippen molar-refractivity contribution in [3.05, 3.63) is 17.7 Å². The van der Waals surface area contributed by atoms with Crippen LogP contribution in [0.15, 0.2) is 6.33 Å². The molecule has 1 aromatic rings. The molecule has 1 unspecified atom stereocenters. The number of rotatable bonds is 1. The van der Waals surface area contributed by atoms with Gasteiger partial charge in [-0.25, -0.2) is 4.98 Å². The van der Waals surface area contributed by atoms with Crippen LogP contribution in [0.5, 0.6) is 0 Å². The summed E-state index contributed by atoms with van der Waals surface area (Å²) >= 11 is 0. The van der Waals surface area contributed by atoms with E-state index in [-0.39, 0.29) is 18.1 Å². The van der Waals surface area contributed by atoms with E-state index in [1.54, 1.807) is 11.2 Å². The molecule has 3 heterocycles. The molecule has 0 aliphatic carbocycles. The van der Waals surface area contributed by atoms with Gasteiger partial charge in [0, 0.05) is 26.1 Å². The Bertz CT molecular complexity index is 431. The molecule has 1 aromatic heterocycles. The highest BCUT2D eigenvalue weighted by Crippen LogP contribution is 2.16. The second-order valence-corrected chi connectivity index (χ2v) is 4.69. The van der Waals surface area contributed by atoms with Gasteiger partial charge in [-0.1, -0.05) is 0 Å². The van der Waals surface area contributed by atoms with Crippen LogP contribution in [0, 0.1) is 0 Å². The standard InChI is InChI=1S/C11H16N4O2/c16-7-1-2-15(5-7)11(17)9-3-8-10(4-12-9)14-6-13-8/h6-7,9,12,16H,1-5H2,(H,13,14)/t7-,9?/m0/s1. The SMILES string of the molecule is O=C(C1Cc2nc[nH]c2CN1)N1CC[C@H](O)C1. The lowest BCUT2D eigenvalue weighted by atomic mass is 10.0. The van der Waals surface area contributed by atoms with Crippen LogP contribution in [0.25, 0.3) is 0 Å². The van der Waals surface area contributed by atoms with Crippen LogP contribution < -0.4 is 5.32 Å². The van der Waals surface area contributed by atoms with Crippen LogP contribution in [0.1, 0.15) is 17.8 Å². The van der Waals surface area contributed by atoms with Crippen LogP contribution >= 0.6 is 0 Å². The van der Waals surface area contributed by atoms with Gasteiger partial charge in [-0.15, -0.1) is 0 Å². The molecule has 2 aliphatic heterocycles. The van der Waals surface area contributed by atoms with E-state index in [9.17, 15) is 9.90 Å². The molecule has 2 aliphatic rings. The van der Waals surface area contributed by atoms with E-state index in [1.807, 2.05) is 0 Å². The number of H-pyrrole nitrogens is 1. The predicted octanol–water partition coefficient (Wildman–Crippen LogP) is -0.983. The first kappa shape index (κ1) is 10.7. The van der Waals surface area contributed by atoms with Crippen molar-refractivity contribution >= 4 is 5.91 Å². The zero-order valence-corrected chi connectivity index (χ0v) is 9.52. The Morgan fingerprint density at radius 3 is 3.24 bits per heavy atom. The van der Waals surface area contributed by atoms with Crippen molar-refractivity contribution in [1.29, 1.82) is 0 Å². The lowest BCUT2D eigenvalue weighted by molar-refractivity contribution is -0.133. The van der Waals surface area contributed by atoms with Gasteiger partial charge in [0.2, 0.25) is 5.91 Å². The summed E-state index contributed by atoms with van der Waals surface area (Å²) in [5, 5.41) is 12.6. The molecule has 0 aromatic carbocycles. The van der Waals surface area contributed by atoms with Crippen molar-refractivity contribution in [2.24, 2.45) is 0 Å². The monoisotopic (exact) mass is 236 g/mol. The molecule has 1 saturated heterocycles. The number of imidazole rings is 1. The molecule has 0 radical (unpaired) electrons. The topological polar surface area (TPSA) is 81.2 Å². The number of fused-ring (bicyclic) bond motifs is 1. The quantitative estimate of drug-likeness (QED) is 0.585. The van der Waals surface area contributed by atoms with Crippen molar-refractivity contribution < 1.29 is 9.90 Å². The van der Waals surface area contributed by atoms with E-state index in [0.717, 1.165) is 11.4 Å². The van der Waals surface area contributed by atoms with Gasteiger partial charge in [0.05, 0.1) is 29.9 Å². The molecule has 2 atom stereocenters. The van der Waals surface area contributed by atoms with Crippen molar-refractivity contribution in [1.82, 2.24) is 20.2 Å². The summed E-state index contributed by atoms with van der Waals surface area (Å²) in [7, 11) is 0. The first-order valence-electron chi connectivity index (χ1n) is 5.95. The first-order chi connectivity index (χ1) is 8.24. The summed E-state index contributed by atoms with van der Waals surface area (Å²) in [5.74, 6) is 0.0789. The average Bonchev–Trinajstić information content (AvgIpc) is 2.95. The summed E-state index contributed by atoms with van der Waals surface area (Å²) in [6.45, 7) is 1.78. The largest absolute Gasteiger partial charge is 0.391 e. The Morgan fingerprint density at radius 2 is 2.47 bits per heavy atom. The maximum absolute atomic E-state index is 12.2. The van der Waals surface area contributed by atoms with Crippen LogP contribution in [-0.2, 0) is 17.8 Å². The van der Waals surface area contributed by atoms with Crippen molar-refractivity contribution in [2.75, 3.05) is 13.1 Å². The minimum atomic E-state index is -0.358. The third-order valence-electron chi connectivity index (χ3n) is 3.50. The molecule has 3 N–H and O–H groups in total. The minimum Gasteiger partial charge on any atom is -0.391 e. The summed E-state index contributed by atoms with van der Waals surface area (Å²) < 4.78 is 0.